The molecule has 1 aromatic carbocycles. The minimum Gasteiger partial charge on any atom is -0.490 e. The molecule has 170 valence electrons. The fourth-order valence-electron chi connectivity index (χ4n) is 4.55. The average Bonchev–Trinajstić information content (AvgIpc) is 2.73. The number of nitrogens with one attached hydrogen (secondary N) is 2. The van der Waals surface area contributed by atoms with Crippen LogP contribution in [0.2, 0.25) is 0 Å². The molecule has 0 radical (unpaired) electrons. The third-order valence-electron chi connectivity index (χ3n) is 6.40. The number of hydrogen-bond donors (Lipinski definition) is 2. The molecule has 30 heavy (non-hydrogen) atoms. The predicted molar refractivity (Wildman–Crippen MR) is 121 cm³/mol. The van der Waals surface area contributed by atoms with Crippen LogP contribution >= 0.6 is 0 Å². The quantitative estimate of drug-likeness (QED) is 0.616. The van der Waals surface area contributed by atoms with Crippen LogP contribution in [0.3, 0.4) is 0 Å². The standard InChI is InChI=1S/C23H38N2O4S/c1-4-17(2)29-23-10-6-5-8-20(23)18-11-13-19(14-12-18)28-16-22-21(9-7-15-24-22)25-30(3,26)27/h5-6,8,10,17-19,21-22,24-25H,4,7,9,11-16H2,1-3H3/t17-,18-,19+,21-,22-/m0/s1. The molecule has 1 heterocycles. The van der Waals surface area contributed by atoms with Crippen LogP contribution in [0.4, 0.5) is 0 Å². The lowest BCUT2D eigenvalue weighted by Crippen LogP contribution is -2.55. The van der Waals surface area contributed by atoms with E-state index in [9.17, 15) is 8.42 Å². The van der Waals surface area contributed by atoms with Gasteiger partial charge in [0.15, 0.2) is 0 Å². The normalized spacial score (nSPS) is 28.8. The van der Waals surface area contributed by atoms with Crippen molar-refractivity contribution in [2.45, 2.75) is 89.0 Å². The fraction of sp³-hybridized carbons (Fsp3) is 0.739. The van der Waals surface area contributed by atoms with Gasteiger partial charge in [-0.05, 0) is 76.0 Å². The Kier molecular flexibility index (Phi) is 8.57. The first-order valence-electron chi connectivity index (χ1n) is 11.4. The van der Waals surface area contributed by atoms with E-state index < -0.39 is 10.0 Å². The van der Waals surface area contributed by atoms with Gasteiger partial charge in [-0.25, -0.2) is 13.1 Å². The van der Waals surface area contributed by atoms with Gasteiger partial charge in [0.2, 0.25) is 10.0 Å². The zero-order chi connectivity index (χ0) is 21.6. The predicted octanol–water partition coefficient (Wildman–Crippen LogP) is 3.58. The third-order valence-corrected chi connectivity index (χ3v) is 7.13. The topological polar surface area (TPSA) is 76.7 Å². The van der Waals surface area contributed by atoms with Crippen molar-refractivity contribution in [3.8, 4) is 5.75 Å². The monoisotopic (exact) mass is 438 g/mol. The van der Waals surface area contributed by atoms with E-state index >= 15 is 0 Å². The lowest BCUT2D eigenvalue weighted by atomic mass is 9.82. The summed E-state index contributed by atoms with van der Waals surface area (Å²) in [5.74, 6) is 1.54. The molecule has 1 aromatic rings. The molecule has 6 nitrogen and oxygen atoms in total. The van der Waals surface area contributed by atoms with Gasteiger partial charge >= 0.3 is 0 Å². The molecule has 0 spiro atoms. The fourth-order valence-corrected chi connectivity index (χ4v) is 5.38. The molecular weight excluding hydrogens is 400 g/mol. The number of ether oxygens (including phenoxy) is 2. The Labute approximate surface area is 182 Å². The average molecular weight is 439 g/mol. The molecular formula is C23H38N2O4S. The molecule has 3 atom stereocenters. The van der Waals surface area contributed by atoms with Gasteiger partial charge in [-0.3, -0.25) is 0 Å². The summed E-state index contributed by atoms with van der Waals surface area (Å²) in [5, 5.41) is 3.43. The van der Waals surface area contributed by atoms with E-state index in [1.54, 1.807) is 0 Å². The van der Waals surface area contributed by atoms with Crippen molar-refractivity contribution < 1.29 is 17.9 Å². The summed E-state index contributed by atoms with van der Waals surface area (Å²) in [6, 6.07) is 8.40. The first-order valence-corrected chi connectivity index (χ1v) is 13.3. The number of para-hydroxylation sites is 1. The van der Waals surface area contributed by atoms with Crippen molar-refractivity contribution in [1.29, 1.82) is 0 Å². The van der Waals surface area contributed by atoms with Crippen LogP contribution < -0.4 is 14.8 Å². The summed E-state index contributed by atoms with van der Waals surface area (Å²) in [4.78, 5) is 0. The van der Waals surface area contributed by atoms with Crippen molar-refractivity contribution in [2.24, 2.45) is 0 Å². The van der Waals surface area contributed by atoms with E-state index in [1.807, 2.05) is 6.07 Å². The summed E-state index contributed by atoms with van der Waals surface area (Å²) >= 11 is 0. The molecule has 0 aromatic heterocycles. The van der Waals surface area contributed by atoms with Crippen molar-refractivity contribution in [3.05, 3.63) is 29.8 Å². The first-order chi connectivity index (χ1) is 14.4. The van der Waals surface area contributed by atoms with Crippen LogP contribution in [0.25, 0.3) is 0 Å². The van der Waals surface area contributed by atoms with E-state index in [4.69, 9.17) is 9.47 Å². The van der Waals surface area contributed by atoms with Gasteiger partial charge in [0.1, 0.15) is 5.75 Å². The zero-order valence-electron chi connectivity index (χ0n) is 18.6. The molecule has 1 aliphatic heterocycles. The van der Waals surface area contributed by atoms with Gasteiger partial charge < -0.3 is 14.8 Å². The van der Waals surface area contributed by atoms with Crippen molar-refractivity contribution >= 4 is 10.0 Å². The summed E-state index contributed by atoms with van der Waals surface area (Å²) < 4.78 is 38.5. The van der Waals surface area contributed by atoms with Crippen LogP contribution in [-0.4, -0.2) is 52.1 Å². The Morgan fingerprint density at radius 1 is 1.17 bits per heavy atom. The summed E-state index contributed by atoms with van der Waals surface area (Å²) in [5.41, 5.74) is 1.32. The van der Waals surface area contributed by atoms with Crippen molar-refractivity contribution in [3.63, 3.8) is 0 Å². The molecule has 1 aliphatic carbocycles. The Morgan fingerprint density at radius 2 is 1.90 bits per heavy atom. The number of sulfonamides is 1. The SMILES string of the molecule is CC[C@H](C)Oc1ccccc1[C@H]1CC[C@@H](OC[C@@H]2NCCC[C@@H]2NS(C)(=O)=O)CC1. The zero-order valence-corrected chi connectivity index (χ0v) is 19.4. The van der Waals surface area contributed by atoms with Gasteiger partial charge in [0.05, 0.1) is 25.1 Å². The molecule has 1 saturated heterocycles. The minimum absolute atomic E-state index is 0.0378. The van der Waals surface area contributed by atoms with Crippen LogP contribution in [0.1, 0.15) is 70.3 Å². The maximum atomic E-state index is 11.6. The van der Waals surface area contributed by atoms with Crippen LogP contribution in [0.5, 0.6) is 5.75 Å². The van der Waals surface area contributed by atoms with Crippen molar-refractivity contribution in [2.75, 3.05) is 19.4 Å². The van der Waals surface area contributed by atoms with E-state index in [1.165, 1.54) is 11.8 Å². The van der Waals surface area contributed by atoms with Gasteiger partial charge in [-0.15, -0.1) is 0 Å². The highest BCUT2D eigenvalue weighted by Gasteiger charge is 2.30. The minimum atomic E-state index is -3.21. The highest BCUT2D eigenvalue weighted by molar-refractivity contribution is 7.88. The van der Waals surface area contributed by atoms with Gasteiger partial charge in [-0.2, -0.15) is 0 Å². The number of hydrogen-bond acceptors (Lipinski definition) is 5. The number of piperidine rings is 1. The number of benzene rings is 1. The molecule has 7 heteroatoms. The van der Waals surface area contributed by atoms with Crippen LogP contribution in [0, 0.1) is 0 Å². The second-order valence-corrected chi connectivity index (χ2v) is 10.7. The van der Waals surface area contributed by atoms with E-state index in [-0.39, 0.29) is 24.3 Å². The molecule has 0 amide bonds. The van der Waals surface area contributed by atoms with Crippen molar-refractivity contribution in [1.82, 2.24) is 10.0 Å². The Hall–Kier alpha value is -1.15. The molecule has 3 rings (SSSR count). The molecule has 0 unspecified atom stereocenters. The van der Waals surface area contributed by atoms with Gasteiger partial charge in [0, 0.05) is 12.1 Å². The molecule has 0 bridgehead atoms. The molecule has 2 fully saturated rings. The Bertz CT molecular complexity index is 762. The smallest absolute Gasteiger partial charge is 0.209 e. The maximum Gasteiger partial charge on any atom is 0.209 e. The Balaban J connectivity index is 1.50. The van der Waals surface area contributed by atoms with E-state index in [0.29, 0.717) is 12.5 Å². The number of rotatable bonds is 9. The third kappa shape index (κ3) is 6.94. The van der Waals surface area contributed by atoms with Gasteiger partial charge in [0.25, 0.3) is 0 Å². The highest BCUT2D eigenvalue weighted by atomic mass is 32.2. The Morgan fingerprint density at radius 3 is 2.60 bits per heavy atom. The lowest BCUT2D eigenvalue weighted by Gasteiger charge is -2.35. The van der Waals surface area contributed by atoms with Crippen LogP contribution in [0.15, 0.2) is 24.3 Å². The maximum absolute atomic E-state index is 11.6. The lowest BCUT2D eigenvalue weighted by molar-refractivity contribution is 0.00505. The van der Waals surface area contributed by atoms with E-state index in [0.717, 1.165) is 57.2 Å². The second-order valence-electron chi connectivity index (χ2n) is 8.88. The first kappa shape index (κ1) is 23.5. The van der Waals surface area contributed by atoms with Crippen LogP contribution in [-0.2, 0) is 14.8 Å². The summed E-state index contributed by atoms with van der Waals surface area (Å²) in [7, 11) is -3.21. The second kappa shape index (κ2) is 10.9. The summed E-state index contributed by atoms with van der Waals surface area (Å²) in [6.45, 7) is 5.73. The highest BCUT2D eigenvalue weighted by Crippen LogP contribution is 2.38. The van der Waals surface area contributed by atoms with Gasteiger partial charge in [-0.1, -0.05) is 25.1 Å². The molecule has 2 N–H and O–H groups in total. The van der Waals surface area contributed by atoms with E-state index in [2.05, 4.69) is 42.1 Å². The molecule has 2 aliphatic rings. The summed E-state index contributed by atoms with van der Waals surface area (Å²) in [6.07, 6.45) is 8.76. The largest absolute Gasteiger partial charge is 0.490 e. The molecule has 1 saturated carbocycles.